The molecule has 5 nitrogen and oxygen atoms in total. The van der Waals surface area contributed by atoms with Crippen LogP contribution in [0.15, 0.2) is 12.2 Å². The molecule has 0 aromatic heterocycles. The van der Waals surface area contributed by atoms with Crippen molar-refractivity contribution in [2.75, 3.05) is 6.54 Å². The number of amides is 3. The maximum atomic E-state index is 12.5. The fourth-order valence-corrected chi connectivity index (χ4v) is 6.72. The third kappa shape index (κ3) is 2.62. The number of rotatable bonds is 4. The summed E-state index contributed by atoms with van der Waals surface area (Å²) >= 11 is 0. The lowest BCUT2D eigenvalue weighted by atomic mass is 9.54. The highest BCUT2D eigenvalue weighted by atomic mass is 16.2. The van der Waals surface area contributed by atoms with Crippen LogP contribution in [0.25, 0.3) is 0 Å². The monoisotopic (exact) mass is 356 g/mol. The zero-order valence-electron chi connectivity index (χ0n) is 15.2. The van der Waals surface area contributed by atoms with Gasteiger partial charge in [-0.15, -0.1) is 0 Å². The van der Waals surface area contributed by atoms with E-state index in [9.17, 15) is 14.4 Å². The topological polar surface area (TPSA) is 66.5 Å². The number of allylic oxidation sites excluding steroid dienone is 2. The Labute approximate surface area is 154 Å². The van der Waals surface area contributed by atoms with E-state index in [4.69, 9.17) is 0 Å². The van der Waals surface area contributed by atoms with Crippen molar-refractivity contribution in [1.82, 2.24) is 10.2 Å². The molecule has 6 rings (SSSR count). The number of carbonyl (C=O) groups excluding carboxylic acids is 3. The molecular formula is C21H28N2O3. The molecule has 0 unspecified atom stereocenters. The van der Waals surface area contributed by atoms with Gasteiger partial charge in [-0.05, 0) is 68.6 Å². The number of imide groups is 1. The van der Waals surface area contributed by atoms with Gasteiger partial charge in [0.1, 0.15) is 0 Å². The van der Waals surface area contributed by atoms with Crippen molar-refractivity contribution < 1.29 is 14.4 Å². The van der Waals surface area contributed by atoms with E-state index in [1.165, 1.54) is 37.0 Å². The quantitative estimate of drug-likeness (QED) is 0.621. The van der Waals surface area contributed by atoms with Gasteiger partial charge in [-0.1, -0.05) is 12.2 Å². The molecule has 2 atom stereocenters. The summed E-state index contributed by atoms with van der Waals surface area (Å²) in [4.78, 5) is 38.9. The summed E-state index contributed by atoms with van der Waals surface area (Å²) < 4.78 is 0. The normalized spacial score (nSPS) is 43.1. The second kappa shape index (κ2) is 6.21. The smallest absolute Gasteiger partial charge is 0.233 e. The Hall–Kier alpha value is -1.65. The van der Waals surface area contributed by atoms with Crippen molar-refractivity contribution in [2.24, 2.45) is 35.5 Å². The number of fused-ring (bicyclic) bond motifs is 1. The first-order chi connectivity index (χ1) is 12.6. The summed E-state index contributed by atoms with van der Waals surface area (Å²) in [5.74, 6) is 2.55. The summed E-state index contributed by atoms with van der Waals surface area (Å²) in [6.45, 7) is 0.240. The molecule has 3 amide bonds. The van der Waals surface area contributed by atoms with Crippen LogP contribution in [0.3, 0.4) is 0 Å². The van der Waals surface area contributed by atoms with Gasteiger partial charge in [0.2, 0.25) is 17.7 Å². The number of carbonyl (C=O) groups is 3. The van der Waals surface area contributed by atoms with Crippen LogP contribution in [0.2, 0.25) is 0 Å². The van der Waals surface area contributed by atoms with Crippen molar-refractivity contribution in [1.29, 1.82) is 0 Å². The highest BCUT2D eigenvalue weighted by Crippen LogP contribution is 2.53. The van der Waals surface area contributed by atoms with Crippen molar-refractivity contribution in [3.05, 3.63) is 12.2 Å². The Kier molecular flexibility index (Phi) is 3.94. The van der Waals surface area contributed by atoms with E-state index in [1.54, 1.807) is 0 Å². The molecule has 0 aromatic carbocycles. The van der Waals surface area contributed by atoms with Crippen molar-refractivity contribution >= 4 is 17.7 Å². The van der Waals surface area contributed by atoms with E-state index in [-0.39, 0.29) is 42.5 Å². The third-order valence-electron chi connectivity index (χ3n) is 7.72. The molecule has 5 fully saturated rings. The van der Waals surface area contributed by atoms with Crippen LogP contribution >= 0.6 is 0 Å². The molecule has 140 valence electrons. The molecule has 0 spiro atoms. The Balaban J connectivity index is 1.17. The number of nitrogens with one attached hydrogen (secondary N) is 1. The van der Waals surface area contributed by atoms with Crippen molar-refractivity contribution in [2.45, 2.75) is 57.4 Å². The Morgan fingerprint density at radius 2 is 1.46 bits per heavy atom. The second-order valence-electron chi connectivity index (χ2n) is 9.26. The van der Waals surface area contributed by atoms with Gasteiger partial charge < -0.3 is 5.32 Å². The Bertz CT molecular complexity index is 616. The lowest BCUT2D eigenvalue weighted by Gasteiger charge is -2.54. The van der Waals surface area contributed by atoms with Crippen LogP contribution < -0.4 is 5.32 Å². The van der Waals surface area contributed by atoms with Gasteiger partial charge in [0.05, 0.1) is 11.8 Å². The van der Waals surface area contributed by atoms with Crippen LogP contribution in [0, 0.1) is 35.5 Å². The standard InChI is InChI=1S/C21H28N2O3/c24-18(22-19-14-8-12-7-13(10-14)11-15(19)9-12)5-6-23-20(25)16-3-1-2-4-17(16)21(23)26/h1-2,12-17,19H,3-11H2,(H,22,24)/t12?,13?,14?,15?,16-,17-,19?/m1/s1. The van der Waals surface area contributed by atoms with Gasteiger partial charge in [0.25, 0.3) is 0 Å². The molecule has 1 heterocycles. The predicted molar refractivity (Wildman–Crippen MR) is 95.7 cm³/mol. The molecule has 4 bridgehead atoms. The van der Waals surface area contributed by atoms with Crippen molar-refractivity contribution in [3.8, 4) is 0 Å². The lowest BCUT2D eigenvalue weighted by Crippen LogP contribution is -2.56. The van der Waals surface area contributed by atoms with E-state index in [0.717, 1.165) is 11.8 Å². The Morgan fingerprint density at radius 3 is 2.00 bits per heavy atom. The highest BCUT2D eigenvalue weighted by molar-refractivity contribution is 6.05. The molecular weight excluding hydrogens is 328 g/mol. The SMILES string of the molecule is O=C(CCN1C(=O)[C@@H]2CC=CC[C@H]2C1=O)NC1C2CC3CC(C2)CC1C3. The van der Waals surface area contributed by atoms with Gasteiger partial charge in [0.15, 0.2) is 0 Å². The largest absolute Gasteiger partial charge is 0.353 e. The third-order valence-corrected chi connectivity index (χ3v) is 7.72. The molecule has 0 aromatic rings. The zero-order chi connectivity index (χ0) is 17.8. The van der Waals surface area contributed by atoms with Gasteiger partial charge in [-0.3, -0.25) is 19.3 Å². The van der Waals surface area contributed by atoms with Crippen LogP contribution in [0.5, 0.6) is 0 Å². The zero-order valence-corrected chi connectivity index (χ0v) is 15.2. The van der Waals surface area contributed by atoms with Gasteiger partial charge in [-0.2, -0.15) is 0 Å². The summed E-state index contributed by atoms with van der Waals surface area (Å²) in [7, 11) is 0. The number of nitrogens with zero attached hydrogens (tertiary/aromatic N) is 1. The van der Waals surface area contributed by atoms with Crippen molar-refractivity contribution in [3.63, 3.8) is 0 Å². The average Bonchev–Trinajstić information content (AvgIpc) is 2.87. The van der Waals surface area contributed by atoms with Crippen LogP contribution in [-0.4, -0.2) is 35.2 Å². The molecule has 5 heteroatoms. The van der Waals surface area contributed by atoms with E-state index in [0.29, 0.717) is 30.7 Å². The van der Waals surface area contributed by atoms with E-state index in [2.05, 4.69) is 5.32 Å². The van der Waals surface area contributed by atoms with E-state index < -0.39 is 0 Å². The van der Waals surface area contributed by atoms with Gasteiger partial charge in [0, 0.05) is 19.0 Å². The minimum Gasteiger partial charge on any atom is -0.353 e. The molecule has 1 aliphatic heterocycles. The second-order valence-corrected chi connectivity index (χ2v) is 9.26. The maximum Gasteiger partial charge on any atom is 0.233 e. The fourth-order valence-electron chi connectivity index (χ4n) is 6.72. The van der Waals surface area contributed by atoms with E-state index in [1.807, 2.05) is 12.2 Å². The molecule has 4 saturated carbocycles. The Morgan fingerprint density at radius 1 is 0.923 bits per heavy atom. The first-order valence-corrected chi connectivity index (χ1v) is 10.4. The highest BCUT2D eigenvalue weighted by Gasteiger charge is 2.49. The minimum atomic E-state index is -0.194. The van der Waals surface area contributed by atoms with E-state index >= 15 is 0 Å². The first kappa shape index (κ1) is 16.5. The number of hydrogen-bond donors (Lipinski definition) is 1. The maximum absolute atomic E-state index is 12.5. The van der Waals surface area contributed by atoms with Gasteiger partial charge in [-0.25, -0.2) is 0 Å². The molecule has 6 aliphatic rings. The van der Waals surface area contributed by atoms with Crippen LogP contribution in [0.4, 0.5) is 0 Å². The number of hydrogen-bond acceptors (Lipinski definition) is 3. The average molecular weight is 356 g/mol. The van der Waals surface area contributed by atoms with Crippen LogP contribution in [0.1, 0.15) is 51.4 Å². The molecule has 1 N–H and O–H groups in total. The fraction of sp³-hybridized carbons (Fsp3) is 0.762. The van der Waals surface area contributed by atoms with Gasteiger partial charge >= 0.3 is 0 Å². The molecule has 0 radical (unpaired) electrons. The lowest BCUT2D eigenvalue weighted by molar-refractivity contribution is -0.140. The number of likely N-dealkylation sites (tertiary alicyclic amines) is 1. The van der Waals surface area contributed by atoms with Crippen LogP contribution in [-0.2, 0) is 14.4 Å². The molecule has 1 saturated heterocycles. The summed E-state index contributed by atoms with van der Waals surface area (Å²) in [5, 5.41) is 3.28. The molecule has 26 heavy (non-hydrogen) atoms. The first-order valence-electron chi connectivity index (χ1n) is 10.4. The minimum absolute atomic E-state index is 0.0103. The summed E-state index contributed by atoms with van der Waals surface area (Å²) in [6, 6.07) is 0.326. The summed E-state index contributed by atoms with van der Waals surface area (Å²) in [5.41, 5.74) is 0. The summed E-state index contributed by atoms with van der Waals surface area (Å²) in [6.07, 6.45) is 12.1. The molecule has 5 aliphatic carbocycles. The predicted octanol–water partition coefficient (Wildman–Crippen LogP) is 2.27.